The van der Waals surface area contributed by atoms with Gasteiger partial charge in [0.2, 0.25) is 0 Å². The number of hydrogen-bond acceptors (Lipinski definition) is 5. The molecule has 0 amide bonds. The van der Waals surface area contributed by atoms with E-state index in [2.05, 4.69) is 0 Å². The van der Waals surface area contributed by atoms with E-state index in [9.17, 15) is 9.59 Å². The molecule has 134 valence electrons. The summed E-state index contributed by atoms with van der Waals surface area (Å²) in [6.07, 6.45) is 0. The zero-order chi connectivity index (χ0) is 18.5. The highest BCUT2D eigenvalue weighted by molar-refractivity contribution is 5.91. The standard InChI is InChI=1S/C21H20O5/c1-24-19(22)16-17-14-10-5-4-8-12(14)13-9-6-7-11-15(13)21(17,26-3)18(16)20(23)25-2/h4-11,16-18H,1-3H3/t16-,17+,18+,21-/m1/s1. The molecule has 26 heavy (non-hydrogen) atoms. The molecule has 2 aromatic carbocycles. The highest BCUT2D eigenvalue weighted by Crippen LogP contribution is 2.67. The van der Waals surface area contributed by atoms with E-state index in [1.807, 2.05) is 48.5 Å². The third kappa shape index (κ3) is 1.89. The number of carbonyl (C=O) groups is 2. The molecule has 0 unspecified atom stereocenters. The van der Waals surface area contributed by atoms with Crippen LogP contribution in [0.15, 0.2) is 48.5 Å². The number of benzene rings is 2. The molecule has 0 aromatic heterocycles. The molecular formula is C21H20O5. The second-order valence-electron chi connectivity index (χ2n) is 6.66. The lowest BCUT2D eigenvalue weighted by atomic mass is 9.46. The van der Waals surface area contributed by atoms with E-state index in [1.165, 1.54) is 14.2 Å². The fourth-order valence-electron chi connectivity index (χ4n) is 4.85. The van der Waals surface area contributed by atoms with Gasteiger partial charge in [-0.15, -0.1) is 0 Å². The van der Waals surface area contributed by atoms with Crippen molar-refractivity contribution in [2.24, 2.45) is 11.8 Å². The van der Waals surface area contributed by atoms with Crippen molar-refractivity contribution >= 4 is 11.9 Å². The van der Waals surface area contributed by atoms with Gasteiger partial charge in [0, 0.05) is 13.0 Å². The summed E-state index contributed by atoms with van der Waals surface area (Å²) in [6.45, 7) is 0. The number of esters is 2. The SMILES string of the molecule is COC(=O)[C@H]1[C@@H](C(=O)OC)[C@@]2(OC)c3ccccc3-c3ccccc3[C@@H]12. The quantitative estimate of drug-likeness (QED) is 0.795. The van der Waals surface area contributed by atoms with Crippen LogP contribution in [0.3, 0.4) is 0 Å². The largest absolute Gasteiger partial charge is 0.469 e. The van der Waals surface area contributed by atoms with Gasteiger partial charge >= 0.3 is 11.9 Å². The Kier molecular flexibility index (Phi) is 3.84. The molecule has 2 aliphatic carbocycles. The molecule has 0 radical (unpaired) electrons. The average molecular weight is 352 g/mol. The second-order valence-corrected chi connectivity index (χ2v) is 6.66. The monoisotopic (exact) mass is 352 g/mol. The van der Waals surface area contributed by atoms with Crippen LogP contribution in [0.4, 0.5) is 0 Å². The Morgan fingerprint density at radius 2 is 1.46 bits per heavy atom. The summed E-state index contributed by atoms with van der Waals surface area (Å²) < 4.78 is 16.1. The molecule has 1 saturated carbocycles. The Bertz CT molecular complexity index is 889. The fraction of sp³-hybridized carbons (Fsp3) is 0.333. The van der Waals surface area contributed by atoms with Crippen molar-refractivity contribution in [3.63, 3.8) is 0 Å². The van der Waals surface area contributed by atoms with E-state index in [1.54, 1.807) is 7.11 Å². The molecule has 0 N–H and O–H groups in total. The summed E-state index contributed by atoms with van der Waals surface area (Å²) in [5.41, 5.74) is 3.01. The summed E-state index contributed by atoms with van der Waals surface area (Å²) in [7, 11) is 4.25. The minimum absolute atomic E-state index is 0.310. The second kappa shape index (κ2) is 5.95. The van der Waals surface area contributed by atoms with Crippen LogP contribution in [0.1, 0.15) is 17.0 Å². The van der Waals surface area contributed by atoms with Gasteiger partial charge in [0.25, 0.3) is 0 Å². The molecule has 0 bridgehead atoms. The van der Waals surface area contributed by atoms with Crippen molar-refractivity contribution < 1.29 is 23.8 Å². The first-order chi connectivity index (χ1) is 12.6. The third-order valence-electron chi connectivity index (χ3n) is 5.84. The van der Waals surface area contributed by atoms with E-state index < -0.39 is 29.4 Å². The normalized spacial score (nSPS) is 28.0. The number of fused-ring (bicyclic) bond motifs is 6. The Labute approximate surface area is 151 Å². The van der Waals surface area contributed by atoms with Gasteiger partial charge in [-0.1, -0.05) is 48.5 Å². The number of carbonyl (C=O) groups excluding carboxylic acids is 2. The maximum absolute atomic E-state index is 12.7. The van der Waals surface area contributed by atoms with Crippen LogP contribution < -0.4 is 0 Å². The van der Waals surface area contributed by atoms with Crippen molar-refractivity contribution in [2.45, 2.75) is 11.5 Å². The Balaban J connectivity index is 2.02. The summed E-state index contributed by atoms with van der Waals surface area (Å²) in [4.78, 5) is 25.2. The van der Waals surface area contributed by atoms with Crippen LogP contribution in [0, 0.1) is 11.8 Å². The first-order valence-corrected chi connectivity index (χ1v) is 8.51. The van der Waals surface area contributed by atoms with Gasteiger partial charge in [-0.3, -0.25) is 9.59 Å². The van der Waals surface area contributed by atoms with Gasteiger partial charge < -0.3 is 14.2 Å². The zero-order valence-corrected chi connectivity index (χ0v) is 14.9. The van der Waals surface area contributed by atoms with Crippen LogP contribution in [0.5, 0.6) is 0 Å². The smallest absolute Gasteiger partial charge is 0.312 e. The summed E-state index contributed by atoms with van der Waals surface area (Å²) in [5.74, 6) is -2.61. The molecule has 5 heteroatoms. The lowest BCUT2D eigenvalue weighted by molar-refractivity contribution is -0.220. The number of hydrogen-bond donors (Lipinski definition) is 0. The summed E-state index contributed by atoms with van der Waals surface area (Å²) in [5, 5.41) is 0. The van der Waals surface area contributed by atoms with Gasteiger partial charge in [0.05, 0.1) is 20.1 Å². The molecule has 2 aromatic rings. The highest BCUT2D eigenvalue weighted by Gasteiger charge is 2.72. The first-order valence-electron chi connectivity index (χ1n) is 8.51. The van der Waals surface area contributed by atoms with E-state index in [0.29, 0.717) is 0 Å². The molecule has 2 aliphatic rings. The Hall–Kier alpha value is -2.66. The maximum atomic E-state index is 12.7. The van der Waals surface area contributed by atoms with E-state index >= 15 is 0 Å². The molecule has 1 fully saturated rings. The number of rotatable bonds is 3. The topological polar surface area (TPSA) is 61.8 Å². The maximum Gasteiger partial charge on any atom is 0.312 e. The van der Waals surface area contributed by atoms with Crippen LogP contribution in [0.25, 0.3) is 11.1 Å². The van der Waals surface area contributed by atoms with Crippen molar-refractivity contribution in [1.29, 1.82) is 0 Å². The van der Waals surface area contributed by atoms with E-state index in [4.69, 9.17) is 14.2 Å². The first kappa shape index (κ1) is 16.8. The predicted octanol–water partition coefficient (Wildman–Crippen LogP) is 2.88. The molecule has 0 aliphatic heterocycles. The van der Waals surface area contributed by atoms with Gasteiger partial charge in [0.1, 0.15) is 11.5 Å². The molecule has 0 heterocycles. The molecule has 4 rings (SSSR count). The van der Waals surface area contributed by atoms with Gasteiger partial charge in [0.15, 0.2) is 0 Å². The van der Waals surface area contributed by atoms with Crippen molar-refractivity contribution in [3.8, 4) is 11.1 Å². The molecule has 4 atom stereocenters. The minimum atomic E-state index is -0.948. The Morgan fingerprint density at radius 3 is 2.12 bits per heavy atom. The van der Waals surface area contributed by atoms with Gasteiger partial charge in [-0.25, -0.2) is 0 Å². The lowest BCUT2D eigenvalue weighted by Gasteiger charge is -2.60. The molecular weight excluding hydrogens is 332 g/mol. The van der Waals surface area contributed by atoms with E-state index in [-0.39, 0.29) is 5.92 Å². The van der Waals surface area contributed by atoms with Crippen LogP contribution in [-0.4, -0.2) is 33.3 Å². The van der Waals surface area contributed by atoms with Gasteiger partial charge in [-0.05, 0) is 22.3 Å². The summed E-state index contributed by atoms with van der Waals surface area (Å²) in [6, 6.07) is 15.8. The summed E-state index contributed by atoms with van der Waals surface area (Å²) >= 11 is 0. The van der Waals surface area contributed by atoms with Crippen molar-refractivity contribution in [2.75, 3.05) is 21.3 Å². The fourth-order valence-corrected chi connectivity index (χ4v) is 4.85. The van der Waals surface area contributed by atoms with Crippen molar-refractivity contribution in [3.05, 3.63) is 59.7 Å². The zero-order valence-electron chi connectivity index (χ0n) is 14.9. The number of ether oxygens (including phenoxy) is 3. The van der Waals surface area contributed by atoms with Crippen molar-refractivity contribution in [1.82, 2.24) is 0 Å². The minimum Gasteiger partial charge on any atom is -0.469 e. The number of methoxy groups -OCH3 is 3. The highest BCUT2D eigenvalue weighted by atomic mass is 16.5. The van der Waals surface area contributed by atoms with Gasteiger partial charge in [-0.2, -0.15) is 0 Å². The average Bonchev–Trinajstić information content (AvgIpc) is 2.68. The predicted molar refractivity (Wildman–Crippen MR) is 94.3 cm³/mol. The van der Waals surface area contributed by atoms with E-state index in [0.717, 1.165) is 22.3 Å². The van der Waals surface area contributed by atoms with Crippen LogP contribution in [0.2, 0.25) is 0 Å². The van der Waals surface area contributed by atoms with Crippen LogP contribution >= 0.6 is 0 Å². The van der Waals surface area contributed by atoms with Crippen LogP contribution in [-0.2, 0) is 29.4 Å². The molecule has 0 spiro atoms. The lowest BCUT2D eigenvalue weighted by Crippen LogP contribution is -2.66. The third-order valence-corrected chi connectivity index (χ3v) is 5.84. The molecule has 5 nitrogen and oxygen atoms in total. The Morgan fingerprint density at radius 1 is 0.846 bits per heavy atom. The molecule has 0 saturated heterocycles.